The SMILES string of the molecule is COCC1(CNS(=O)(=O)c2ccc(C(=O)OC)s2)CCNCC1. The van der Waals surface area contributed by atoms with E-state index < -0.39 is 16.0 Å². The lowest BCUT2D eigenvalue weighted by molar-refractivity contribution is 0.0577. The lowest BCUT2D eigenvalue weighted by Crippen LogP contribution is -2.47. The fourth-order valence-corrected chi connectivity index (χ4v) is 5.06. The molecule has 1 fully saturated rings. The van der Waals surface area contributed by atoms with E-state index in [4.69, 9.17) is 4.74 Å². The third-order valence-corrected chi connectivity index (χ3v) is 6.94. The summed E-state index contributed by atoms with van der Waals surface area (Å²) in [5.41, 5.74) is -0.199. The second-order valence-corrected chi connectivity index (χ2v) is 8.70. The molecule has 0 spiro atoms. The Morgan fingerprint density at radius 1 is 1.35 bits per heavy atom. The number of hydrogen-bond acceptors (Lipinski definition) is 7. The molecule has 130 valence electrons. The predicted molar refractivity (Wildman–Crippen MR) is 87.3 cm³/mol. The largest absolute Gasteiger partial charge is 0.465 e. The highest BCUT2D eigenvalue weighted by atomic mass is 32.2. The molecule has 1 saturated heterocycles. The topological polar surface area (TPSA) is 93.7 Å². The monoisotopic (exact) mass is 362 g/mol. The minimum atomic E-state index is -3.65. The van der Waals surface area contributed by atoms with Gasteiger partial charge in [0.2, 0.25) is 10.0 Å². The highest BCUT2D eigenvalue weighted by Crippen LogP contribution is 2.29. The summed E-state index contributed by atoms with van der Waals surface area (Å²) in [6.07, 6.45) is 1.70. The van der Waals surface area contributed by atoms with E-state index in [-0.39, 0.29) is 14.5 Å². The van der Waals surface area contributed by atoms with Gasteiger partial charge >= 0.3 is 5.97 Å². The first kappa shape index (κ1) is 18.3. The van der Waals surface area contributed by atoms with E-state index >= 15 is 0 Å². The number of carbonyl (C=O) groups is 1. The number of hydrogen-bond donors (Lipinski definition) is 2. The van der Waals surface area contributed by atoms with Gasteiger partial charge in [0.1, 0.15) is 9.09 Å². The second-order valence-electron chi connectivity index (χ2n) is 5.62. The third-order valence-electron chi connectivity index (χ3n) is 3.98. The number of sulfonamides is 1. The maximum absolute atomic E-state index is 12.4. The first-order valence-corrected chi connectivity index (χ1v) is 9.60. The van der Waals surface area contributed by atoms with Gasteiger partial charge in [-0.15, -0.1) is 11.3 Å². The molecule has 1 aliphatic heterocycles. The van der Waals surface area contributed by atoms with Crippen LogP contribution in [0, 0.1) is 5.41 Å². The molecular formula is C14H22N2O5S2. The number of ether oxygens (including phenoxy) is 2. The van der Waals surface area contributed by atoms with Crippen LogP contribution >= 0.6 is 11.3 Å². The Bertz CT molecular complexity index is 630. The molecule has 7 nitrogen and oxygen atoms in total. The maximum atomic E-state index is 12.4. The van der Waals surface area contributed by atoms with Crippen LogP contribution in [0.3, 0.4) is 0 Å². The van der Waals surface area contributed by atoms with Crippen LogP contribution in [0.5, 0.6) is 0 Å². The van der Waals surface area contributed by atoms with E-state index in [2.05, 4.69) is 14.8 Å². The molecule has 9 heteroatoms. The maximum Gasteiger partial charge on any atom is 0.348 e. The normalized spacial score (nSPS) is 17.8. The highest BCUT2D eigenvalue weighted by molar-refractivity contribution is 7.91. The molecule has 0 aromatic carbocycles. The van der Waals surface area contributed by atoms with Crippen molar-refractivity contribution in [2.45, 2.75) is 17.1 Å². The molecule has 0 bridgehead atoms. The smallest absolute Gasteiger partial charge is 0.348 e. The zero-order valence-corrected chi connectivity index (χ0v) is 14.9. The molecule has 0 saturated carbocycles. The van der Waals surface area contributed by atoms with Crippen LogP contribution in [0.2, 0.25) is 0 Å². The zero-order valence-electron chi connectivity index (χ0n) is 13.3. The van der Waals surface area contributed by atoms with E-state index in [1.165, 1.54) is 19.2 Å². The van der Waals surface area contributed by atoms with Crippen LogP contribution in [-0.2, 0) is 19.5 Å². The zero-order chi connectivity index (χ0) is 16.9. The number of rotatable bonds is 7. The molecule has 0 radical (unpaired) electrons. The van der Waals surface area contributed by atoms with Crippen molar-refractivity contribution in [1.82, 2.24) is 10.0 Å². The quantitative estimate of drug-likeness (QED) is 0.698. The van der Waals surface area contributed by atoms with E-state index in [0.717, 1.165) is 37.3 Å². The van der Waals surface area contributed by atoms with Gasteiger partial charge in [0.15, 0.2) is 0 Å². The molecule has 23 heavy (non-hydrogen) atoms. The van der Waals surface area contributed by atoms with Crippen molar-refractivity contribution >= 4 is 27.3 Å². The number of nitrogens with one attached hydrogen (secondary N) is 2. The minimum absolute atomic E-state index is 0.111. The van der Waals surface area contributed by atoms with E-state index in [0.29, 0.717) is 13.2 Å². The molecule has 1 aliphatic rings. The fourth-order valence-electron chi connectivity index (χ4n) is 2.63. The predicted octanol–water partition coefficient (Wildman–Crippen LogP) is 0.829. The molecule has 0 unspecified atom stereocenters. The first-order valence-electron chi connectivity index (χ1n) is 7.30. The third kappa shape index (κ3) is 4.51. The lowest BCUT2D eigenvalue weighted by atomic mass is 9.80. The van der Waals surface area contributed by atoms with Crippen molar-refractivity contribution < 1.29 is 22.7 Å². The van der Waals surface area contributed by atoms with Crippen molar-refractivity contribution in [2.75, 3.05) is 40.5 Å². The van der Waals surface area contributed by atoms with Gasteiger partial charge < -0.3 is 14.8 Å². The van der Waals surface area contributed by atoms with Gasteiger partial charge in [-0.25, -0.2) is 17.9 Å². The van der Waals surface area contributed by atoms with Gasteiger partial charge in [0.25, 0.3) is 0 Å². The Balaban J connectivity index is 2.08. The van der Waals surface area contributed by atoms with Gasteiger partial charge in [-0.05, 0) is 38.1 Å². The average Bonchev–Trinajstić information content (AvgIpc) is 3.05. The molecular weight excluding hydrogens is 340 g/mol. The molecule has 1 aromatic rings. The minimum Gasteiger partial charge on any atom is -0.465 e. The summed E-state index contributed by atoms with van der Waals surface area (Å²) in [5, 5.41) is 3.27. The van der Waals surface area contributed by atoms with Crippen molar-refractivity contribution in [2.24, 2.45) is 5.41 Å². The summed E-state index contributed by atoms with van der Waals surface area (Å²) in [6, 6.07) is 2.88. The van der Waals surface area contributed by atoms with Crippen LogP contribution in [0.15, 0.2) is 16.3 Å². The highest BCUT2D eigenvalue weighted by Gasteiger charge is 2.34. The fraction of sp³-hybridized carbons (Fsp3) is 0.643. The van der Waals surface area contributed by atoms with Gasteiger partial charge in [-0.2, -0.15) is 0 Å². The number of carbonyl (C=O) groups excluding carboxylic acids is 1. The lowest BCUT2D eigenvalue weighted by Gasteiger charge is -2.37. The summed E-state index contributed by atoms with van der Waals surface area (Å²) < 4.78 is 37.5. The van der Waals surface area contributed by atoms with Gasteiger partial charge in [0, 0.05) is 19.1 Å². The molecule has 2 rings (SSSR count). The average molecular weight is 362 g/mol. The molecule has 2 heterocycles. The van der Waals surface area contributed by atoms with Crippen molar-refractivity contribution in [1.29, 1.82) is 0 Å². The molecule has 2 N–H and O–H groups in total. The Labute approximate surface area is 140 Å². The summed E-state index contributed by atoms with van der Waals surface area (Å²) in [6.45, 7) is 2.51. The molecule has 1 aromatic heterocycles. The van der Waals surface area contributed by atoms with E-state index in [9.17, 15) is 13.2 Å². The molecule has 0 aliphatic carbocycles. The summed E-state index contributed by atoms with van der Waals surface area (Å²) in [5.74, 6) is -0.536. The Morgan fingerprint density at radius 2 is 2.04 bits per heavy atom. The number of esters is 1. The molecule has 0 amide bonds. The summed E-state index contributed by atoms with van der Waals surface area (Å²) in [7, 11) is -0.763. The van der Waals surface area contributed by atoms with Gasteiger partial charge in [0.05, 0.1) is 13.7 Å². The molecule has 0 atom stereocenters. The van der Waals surface area contributed by atoms with Crippen molar-refractivity contribution in [3.05, 3.63) is 17.0 Å². The van der Waals surface area contributed by atoms with Crippen LogP contribution in [0.25, 0.3) is 0 Å². The number of methoxy groups -OCH3 is 2. The van der Waals surface area contributed by atoms with Gasteiger partial charge in [-0.1, -0.05) is 0 Å². The number of thiophene rings is 1. The summed E-state index contributed by atoms with van der Waals surface area (Å²) >= 11 is 0.903. The number of piperidine rings is 1. The first-order chi connectivity index (χ1) is 10.9. The second kappa shape index (κ2) is 7.71. The van der Waals surface area contributed by atoms with E-state index in [1.54, 1.807) is 7.11 Å². The van der Waals surface area contributed by atoms with Crippen molar-refractivity contribution in [3.63, 3.8) is 0 Å². The Kier molecular flexibility index (Phi) is 6.15. The van der Waals surface area contributed by atoms with Crippen LogP contribution < -0.4 is 10.0 Å². The van der Waals surface area contributed by atoms with Crippen molar-refractivity contribution in [3.8, 4) is 0 Å². The van der Waals surface area contributed by atoms with Gasteiger partial charge in [-0.3, -0.25) is 0 Å². The van der Waals surface area contributed by atoms with E-state index in [1.807, 2.05) is 0 Å². The van der Waals surface area contributed by atoms with Crippen LogP contribution in [-0.4, -0.2) is 54.8 Å². The Morgan fingerprint density at radius 3 is 2.65 bits per heavy atom. The Hall–Kier alpha value is -1.00. The standard InChI is InChI=1S/C14H22N2O5S2/c1-20-10-14(5-7-15-8-6-14)9-16-23(18,19)12-4-3-11(22-12)13(17)21-2/h3-4,15-16H,5-10H2,1-2H3. The van der Waals surface area contributed by atoms with Crippen LogP contribution in [0.1, 0.15) is 22.5 Å². The van der Waals surface area contributed by atoms with Crippen LogP contribution in [0.4, 0.5) is 0 Å². The summed E-state index contributed by atoms with van der Waals surface area (Å²) in [4.78, 5) is 11.7.